The molecule has 1 aliphatic rings. The van der Waals surface area contributed by atoms with Crippen LogP contribution in [0.25, 0.3) is 20.7 Å². The number of carbonyl (C=O) groups is 1. The van der Waals surface area contributed by atoms with Gasteiger partial charge < -0.3 is 15.0 Å². The summed E-state index contributed by atoms with van der Waals surface area (Å²) in [7, 11) is 0. The summed E-state index contributed by atoms with van der Waals surface area (Å²) in [6.07, 6.45) is 0. The highest BCUT2D eigenvalue weighted by molar-refractivity contribution is 7.22. The van der Waals surface area contributed by atoms with Crippen LogP contribution in [-0.4, -0.2) is 42.2 Å². The number of morpholine rings is 1. The van der Waals surface area contributed by atoms with Crippen LogP contribution in [0.5, 0.6) is 0 Å². The van der Waals surface area contributed by atoms with Gasteiger partial charge in [-0.3, -0.25) is 4.79 Å². The third kappa shape index (κ3) is 4.05. The number of hydrogen-bond donors (Lipinski definition) is 1. The van der Waals surface area contributed by atoms with Gasteiger partial charge in [-0.1, -0.05) is 18.2 Å². The number of nitrogens with one attached hydrogen (secondary N) is 1. The van der Waals surface area contributed by atoms with Gasteiger partial charge in [-0.15, -0.1) is 11.3 Å². The van der Waals surface area contributed by atoms with Gasteiger partial charge in [0.2, 0.25) is 11.2 Å². The molecule has 1 aromatic carbocycles. The van der Waals surface area contributed by atoms with E-state index in [2.05, 4.69) is 38.4 Å². The molecule has 0 spiro atoms. The Hall–Kier alpha value is -2.22. The van der Waals surface area contributed by atoms with Crippen molar-refractivity contribution in [2.75, 3.05) is 31.2 Å². The zero-order chi connectivity index (χ0) is 18.8. The summed E-state index contributed by atoms with van der Waals surface area (Å²) in [6, 6.07) is 10.2. The largest absolute Gasteiger partial charge is 0.378 e. The number of ether oxygens (including phenoxy) is 1. The minimum Gasteiger partial charge on any atom is -0.378 e. The van der Waals surface area contributed by atoms with Gasteiger partial charge in [0, 0.05) is 31.4 Å². The molecule has 1 saturated heterocycles. The van der Waals surface area contributed by atoms with Gasteiger partial charge in [0.05, 0.1) is 23.4 Å². The number of thiophene rings is 1. The van der Waals surface area contributed by atoms with E-state index in [4.69, 9.17) is 16.3 Å². The molecule has 4 rings (SSSR count). The average molecular weight is 403 g/mol. The molecule has 1 amide bonds. The van der Waals surface area contributed by atoms with Crippen LogP contribution in [-0.2, 0) is 16.1 Å². The Morgan fingerprint density at radius 3 is 2.89 bits per heavy atom. The van der Waals surface area contributed by atoms with E-state index in [9.17, 15) is 4.79 Å². The van der Waals surface area contributed by atoms with Crippen LogP contribution in [0.15, 0.2) is 30.3 Å². The molecule has 1 aliphatic heterocycles. The Labute approximate surface area is 166 Å². The lowest BCUT2D eigenvalue weighted by atomic mass is 10.1. The third-order valence-electron chi connectivity index (χ3n) is 4.39. The summed E-state index contributed by atoms with van der Waals surface area (Å²) >= 11 is 7.84. The molecule has 0 aliphatic carbocycles. The molecule has 0 saturated carbocycles. The van der Waals surface area contributed by atoms with Crippen molar-refractivity contribution in [2.24, 2.45) is 0 Å². The van der Waals surface area contributed by atoms with Gasteiger partial charge in [0.15, 0.2) is 5.82 Å². The minimum atomic E-state index is -0.0395. The Morgan fingerprint density at radius 1 is 1.30 bits per heavy atom. The Balaban J connectivity index is 1.71. The highest BCUT2D eigenvalue weighted by atomic mass is 35.5. The molecular weight excluding hydrogens is 384 g/mol. The lowest BCUT2D eigenvalue weighted by Crippen LogP contribution is -2.36. The number of benzene rings is 1. The van der Waals surface area contributed by atoms with E-state index in [-0.39, 0.29) is 11.2 Å². The third-order valence-corrected chi connectivity index (χ3v) is 5.73. The van der Waals surface area contributed by atoms with Gasteiger partial charge >= 0.3 is 0 Å². The van der Waals surface area contributed by atoms with Crippen molar-refractivity contribution < 1.29 is 9.53 Å². The molecule has 0 bridgehead atoms. The molecule has 140 valence electrons. The number of rotatable bonds is 4. The first kappa shape index (κ1) is 18.2. The molecule has 1 N–H and O–H groups in total. The topological polar surface area (TPSA) is 67.4 Å². The highest BCUT2D eigenvalue weighted by Crippen LogP contribution is 2.38. The quantitative estimate of drug-likeness (QED) is 0.676. The second-order valence-electron chi connectivity index (χ2n) is 6.35. The van der Waals surface area contributed by atoms with Crippen molar-refractivity contribution in [3.63, 3.8) is 0 Å². The van der Waals surface area contributed by atoms with Gasteiger partial charge in [-0.05, 0) is 34.9 Å². The first-order chi connectivity index (χ1) is 13.1. The molecule has 1 fully saturated rings. The van der Waals surface area contributed by atoms with Crippen LogP contribution in [0.1, 0.15) is 12.5 Å². The van der Waals surface area contributed by atoms with E-state index in [1.807, 2.05) is 12.1 Å². The zero-order valence-electron chi connectivity index (χ0n) is 14.9. The Kier molecular flexibility index (Phi) is 5.24. The molecule has 0 atom stereocenters. The van der Waals surface area contributed by atoms with E-state index in [0.717, 1.165) is 45.1 Å². The van der Waals surface area contributed by atoms with Crippen molar-refractivity contribution in [2.45, 2.75) is 13.5 Å². The lowest BCUT2D eigenvalue weighted by Gasteiger charge is -2.28. The predicted molar refractivity (Wildman–Crippen MR) is 108 cm³/mol. The van der Waals surface area contributed by atoms with Crippen molar-refractivity contribution >= 4 is 44.9 Å². The monoisotopic (exact) mass is 402 g/mol. The van der Waals surface area contributed by atoms with Gasteiger partial charge in [0.1, 0.15) is 0 Å². The molecule has 2 aromatic heterocycles. The van der Waals surface area contributed by atoms with E-state index in [0.29, 0.717) is 19.8 Å². The normalized spacial score (nSPS) is 14.5. The predicted octanol–water partition coefficient (Wildman–Crippen LogP) is 3.48. The van der Waals surface area contributed by atoms with Crippen molar-refractivity contribution in [3.8, 4) is 10.4 Å². The molecule has 8 heteroatoms. The second-order valence-corrected chi connectivity index (χ2v) is 7.74. The van der Waals surface area contributed by atoms with Crippen LogP contribution < -0.4 is 10.2 Å². The van der Waals surface area contributed by atoms with Gasteiger partial charge in [-0.25, -0.2) is 4.98 Å². The number of hydrogen-bond acceptors (Lipinski definition) is 6. The van der Waals surface area contributed by atoms with E-state index in [1.54, 1.807) is 11.3 Å². The number of anilines is 1. The number of nitrogens with zero attached hydrogens (tertiary/aromatic N) is 3. The number of fused-ring (bicyclic) bond motifs is 1. The standard InChI is InChI=1S/C19H19ClN4O2S/c1-12(25)21-11-13-3-2-4-14(9-13)16-10-15-17(27-16)18(23-19(20)22-15)24-5-7-26-8-6-24/h2-4,9-10H,5-8,11H2,1H3,(H,21,25). The summed E-state index contributed by atoms with van der Waals surface area (Å²) in [5, 5.41) is 3.09. The number of halogens is 1. The van der Waals surface area contributed by atoms with E-state index in [1.165, 1.54) is 6.92 Å². The van der Waals surface area contributed by atoms with Gasteiger partial charge in [0.25, 0.3) is 0 Å². The molecule has 6 nitrogen and oxygen atoms in total. The summed E-state index contributed by atoms with van der Waals surface area (Å²) in [5.74, 6) is 0.835. The molecule has 3 heterocycles. The first-order valence-corrected chi connectivity index (χ1v) is 9.93. The highest BCUT2D eigenvalue weighted by Gasteiger charge is 2.19. The molecule has 27 heavy (non-hydrogen) atoms. The van der Waals surface area contributed by atoms with Crippen molar-refractivity contribution in [3.05, 3.63) is 41.2 Å². The fourth-order valence-electron chi connectivity index (χ4n) is 3.08. The Bertz CT molecular complexity index is 985. The fourth-order valence-corrected chi connectivity index (χ4v) is 4.36. The van der Waals surface area contributed by atoms with Crippen LogP contribution >= 0.6 is 22.9 Å². The van der Waals surface area contributed by atoms with E-state index >= 15 is 0 Å². The zero-order valence-corrected chi connectivity index (χ0v) is 16.4. The van der Waals surface area contributed by atoms with Crippen LogP contribution in [0, 0.1) is 0 Å². The van der Waals surface area contributed by atoms with Crippen LogP contribution in [0.4, 0.5) is 5.82 Å². The number of amides is 1. The molecule has 0 unspecified atom stereocenters. The number of aromatic nitrogens is 2. The Morgan fingerprint density at radius 2 is 2.11 bits per heavy atom. The summed E-state index contributed by atoms with van der Waals surface area (Å²) in [4.78, 5) is 23.4. The smallest absolute Gasteiger partial charge is 0.224 e. The first-order valence-electron chi connectivity index (χ1n) is 8.74. The van der Waals surface area contributed by atoms with Crippen LogP contribution in [0.3, 0.4) is 0 Å². The molecule has 3 aromatic rings. The summed E-state index contributed by atoms with van der Waals surface area (Å²) in [6.45, 7) is 4.99. The second kappa shape index (κ2) is 7.80. The number of carbonyl (C=O) groups excluding carboxylic acids is 1. The van der Waals surface area contributed by atoms with Crippen molar-refractivity contribution in [1.29, 1.82) is 0 Å². The SMILES string of the molecule is CC(=O)NCc1cccc(-c2cc3nc(Cl)nc(N4CCOCC4)c3s2)c1. The van der Waals surface area contributed by atoms with Crippen molar-refractivity contribution in [1.82, 2.24) is 15.3 Å². The van der Waals surface area contributed by atoms with Crippen LogP contribution in [0.2, 0.25) is 5.28 Å². The van der Waals surface area contributed by atoms with E-state index < -0.39 is 0 Å². The fraction of sp³-hybridized carbons (Fsp3) is 0.316. The maximum absolute atomic E-state index is 11.2. The lowest BCUT2D eigenvalue weighted by molar-refractivity contribution is -0.119. The maximum Gasteiger partial charge on any atom is 0.224 e. The summed E-state index contributed by atoms with van der Waals surface area (Å²) in [5.41, 5.74) is 2.99. The average Bonchev–Trinajstić information content (AvgIpc) is 3.10. The summed E-state index contributed by atoms with van der Waals surface area (Å²) < 4.78 is 6.48. The maximum atomic E-state index is 11.2. The minimum absolute atomic E-state index is 0.0395. The molecule has 0 radical (unpaired) electrons. The molecular formula is C19H19ClN4O2S. The van der Waals surface area contributed by atoms with Gasteiger partial charge in [-0.2, -0.15) is 4.98 Å².